The van der Waals surface area contributed by atoms with Gasteiger partial charge in [0.2, 0.25) is 12.7 Å². The molecule has 1 aliphatic heterocycles. The van der Waals surface area contributed by atoms with Crippen LogP contribution in [0.15, 0.2) is 18.2 Å². The van der Waals surface area contributed by atoms with Crippen LogP contribution in [-0.2, 0) is 14.3 Å². The summed E-state index contributed by atoms with van der Waals surface area (Å²) >= 11 is 1.40. The lowest BCUT2D eigenvalue weighted by molar-refractivity contribution is -0.140. The number of nitrogens with one attached hydrogen (secondary N) is 1. The molecule has 0 fully saturated rings. The molecule has 2 rings (SSSR count). The molecule has 0 saturated heterocycles. The zero-order chi connectivity index (χ0) is 15.2. The molecule has 1 heterocycles. The van der Waals surface area contributed by atoms with Gasteiger partial charge in [0.25, 0.3) is 0 Å². The highest BCUT2D eigenvalue weighted by molar-refractivity contribution is 8.00. The van der Waals surface area contributed by atoms with Crippen LogP contribution in [0, 0.1) is 0 Å². The molecule has 0 bridgehead atoms. The van der Waals surface area contributed by atoms with E-state index in [4.69, 9.17) is 9.47 Å². The molecular weight excluding hydrogens is 294 g/mol. The van der Waals surface area contributed by atoms with E-state index in [1.807, 2.05) is 0 Å². The number of thioether (sulfide) groups is 1. The number of rotatable bonds is 6. The molecule has 1 amide bonds. The molecule has 0 spiro atoms. The van der Waals surface area contributed by atoms with E-state index in [0.29, 0.717) is 29.4 Å². The van der Waals surface area contributed by atoms with Crippen LogP contribution >= 0.6 is 11.8 Å². The maximum Gasteiger partial charge on any atom is 0.306 e. The maximum absolute atomic E-state index is 12.0. The Balaban J connectivity index is 1.82. The number of anilines is 1. The molecule has 7 heteroatoms. The molecule has 6 nitrogen and oxygen atoms in total. The lowest BCUT2D eigenvalue weighted by Crippen LogP contribution is -2.23. The largest absolute Gasteiger partial charge is 0.469 e. The normalized spacial score (nSPS) is 13.6. The van der Waals surface area contributed by atoms with Crippen molar-refractivity contribution in [3.8, 4) is 11.5 Å². The fraction of sp³-hybridized carbons (Fsp3) is 0.429. The zero-order valence-electron chi connectivity index (χ0n) is 11.9. The minimum atomic E-state index is -0.272. The van der Waals surface area contributed by atoms with Gasteiger partial charge in [0.05, 0.1) is 18.8 Å². The SMILES string of the molecule is COC(=O)CCSC(C)C(=O)Nc1ccc2c(c1)OCO2. The van der Waals surface area contributed by atoms with Crippen molar-refractivity contribution in [1.29, 1.82) is 0 Å². The Labute approximate surface area is 127 Å². The van der Waals surface area contributed by atoms with Crippen molar-refractivity contribution in [2.75, 3.05) is 25.0 Å². The van der Waals surface area contributed by atoms with Crippen LogP contribution in [0.25, 0.3) is 0 Å². The molecular formula is C14H17NO5S. The zero-order valence-corrected chi connectivity index (χ0v) is 12.7. The first-order chi connectivity index (χ1) is 10.1. The van der Waals surface area contributed by atoms with Crippen molar-refractivity contribution in [2.45, 2.75) is 18.6 Å². The average Bonchev–Trinajstić information content (AvgIpc) is 2.94. The summed E-state index contributed by atoms with van der Waals surface area (Å²) in [6.07, 6.45) is 0.294. The summed E-state index contributed by atoms with van der Waals surface area (Å²) in [6.45, 7) is 2.00. The quantitative estimate of drug-likeness (QED) is 0.810. The first-order valence-corrected chi connectivity index (χ1v) is 7.54. The van der Waals surface area contributed by atoms with Crippen LogP contribution in [0.2, 0.25) is 0 Å². The van der Waals surface area contributed by atoms with Gasteiger partial charge in [-0.15, -0.1) is 11.8 Å². The summed E-state index contributed by atoms with van der Waals surface area (Å²) in [7, 11) is 1.35. The first kappa shape index (κ1) is 15.5. The summed E-state index contributed by atoms with van der Waals surface area (Å²) < 4.78 is 15.0. The lowest BCUT2D eigenvalue weighted by atomic mass is 10.2. The molecule has 0 saturated carbocycles. The highest BCUT2D eigenvalue weighted by Gasteiger charge is 2.17. The van der Waals surface area contributed by atoms with E-state index in [9.17, 15) is 9.59 Å². The van der Waals surface area contributed by atoms with Crippen LogP contribution < -0.4 is 14.8 Å². The van der Waals surface area contributed by atoms with Gasteiger partial charge in [0.1, 0.15) is 0 Å². The Morgan fingerprint density at radius 1 is 1.38 bits per heavy atom. The third-order valence-corrected chi connectivity index (χ3v) is 4.06. The van der Waals surface area contributed by atoms with Crippen molar-refractivity contribution >= 4 is 29.3 Å². The Hall–Kier alpha value is -1.89. The second kappa shape index (κ2) is 7.21. The molecule has 114 valence electrons. The molecule has 1 aromatic rings. The van der Waals surface area contributed by atoms with Crippen LogP contribution in [-0.4, -0.2) is 36.8 Å². The molecule has 1 aromatic carbocycles. The number of benzene rings is 1. The number of amides is 1. The molecule has 0 radical (unpaired) electrons. The van der Waals surface area contributed by atoms with Crippen LogP contribution in [0.5, 0.6) is 11.5 Å². The second-order valence-corrected chi connectivity index (χ2v) is 5.85. The Kier molecular flexibility index (Phi) is 5.32. The van der Waals surface area contributed by atoms with Crippen molar-refractivity contribution in [3.05, 3.63) is 18.2 Å². The fourth-order valence-electron chi connectivity index (χ4n) is 1.71. The molecule has 1 atom stereocenters. The van der Waals surface area contributed by atoms with E-state index in [1.165, 1.54) is 18.9 Å². The van der Waals surface area contributed by atoms with Crippen LogP contribution in [0.1, 0.15) is 13.3 Å². The Morgan fingerprint density at radius 2 is 2.14 bits per heavy atom. The second-order valence-electron chi connectivity index (χ2n) is 4.40. The molecule has 21 heavy (non-hydrogen) atoms. The minimum Gasteiger partial charge on any atom is -0.469 e. The third kappa shape index (κ3) is 4.29. The van der Waals surface area contributed by atoms with Gasteiger partial charge in [-0.2, -0.15) is 0 Å². The minimum absolute atomic E-state index is 0.122. The predicted octanol–water partition coefficient (Wildman–Crippen LogP) is 2.04. The molecule has 1 unspecified atom stereocenters. The molecule has 1 aliphatic rings. The van der Waals surface area contributed by atoms with Crippen molar-refractivity contribution < 1.29 is 23.8 Å². The van der Waals surface area contributed by atoms with E-state index in [-0.39, 0.29) is 23.9 Å². The maximum atomic E-state index is 12.0. The topological polar surface area (TPSA) is 73.9 Å². The number of esters is 1. The molecule has 1 N–H and O–H groups in total. The van der Waals surface area contributed by atoms with Crippen LogP contribution in [0.3, 0.4) is 0 Å². The van der Waals surface area contributed by atoms with E-state index in [1.54, 1.807) is 25.1 Å². The standard InChI is InChI=1S/C14H17NO5S/c1-9(21-6-5-13(16)18-2)14(17)15-10-3-4-11-12(7-10)20-8-19-11/h3-4,7,9H,5-6,8H2,1-2H3,(H,15,17). The summed E-state index contributed by atoms with van der Waals surface area (Å²) in [4.78, 5) is 23.0. The fourth-order valence-corrected chi connectivity index (χ4v) is 2.56. The van der Waals surface area contributed by atoms with Crippen molar-refractivity contribution in [3.63, 3.8) is 0 Å². The van der Waals surface area contributed by atoms with Gasteiger partial charge in [0, 0.05) is 17.5 Å². The summed E-state index contributed by atoms with van der Waals surface area (Å²) in [5.74, 6) is 1.45. The Morgan fingerprint density at radius 3 is 2.90 bits per heavy atom. The average molecular weight is 311 g/mol. The number of carbonyl (C=O) groups is 2. The summed E-state index contributed by atoms with van der Waals surface area (Å²) in [5.41, 5.74) is 0.657. The van der Waals surface area contributed by atoms with E-state index < -0.39 is 0 Å². The molecule has 0 aromatic heterocycles. The highest BCUT2D eigenvalue weighted by atomic mass is 32.2. The number of hydrogen-bond donors (Lipinski definition) is 1. The monoisotopic (exact) mass is 311 g/mol. The number of methoxy groups -OCH3 is 1. The van der Waals surface area contributed by atoms with Crippen molar-refractivity contribution in [1.82, 2.24) is 0 Å². The number of ether oxygens (including phenoxy) is 3. The predicted molar refractivity (Wildman–Crippen MR) is 79.7 cm³/mol. The van der Waals surface area contributed by atoms with E-state index in [2.05, 4.69) is 10.1 Å². The van der Waals surface area contributed by atoms with E-state index >= 15 is 0 Å². The summed E-state index contributed by atoms with van der Waals surface area (Å²) in [6, 6.07) is 5.25. The number of carbonyl (C=O) groups excluding carboxylic acids is 2. The highest BCUT2D eigenvalue weighted by Crippen LogP contribution is 2.34. The number of hydrogen-bond acceptors (Lipinski definition) is 6. The van der Waals surface area contributed by atoms with Crippen molar-refractivity contribution in [2.24, 2.45) is 0 Å². The molecule has 0 aliphatic carbocycles. The first-order valence-electron chi connectivity index (χ1n) is 6.49. The van der Waals surface area contributed by atoms with Gasteiger partial charge in [-0.1, -0.05) is 0 Å². The van der Waals surface area contributed by atoms with Crippen LogP contribution in [0.4, 0.5) is 5.69 Å². The smallest absolute Gasteiger partial charge is 0.306 e. The number of fused-ring (bicyclic) bond motifs is 1. The van der Waals surface area contributed by atoms with Gasteiger partial charge in [-0.25, -0.2) is 0 Å². The summed E-state index contributed by atoms with van der Waals surface area (Å²) in [5, 5.41) is 2.55. The van der Waals surface area contributed by atoms with Gasteiger partial charge in [-0.05, 0) is 19.1 Å². The lowest BCUT2D eigenvalue weighted by Gasteiger charge is -2.12. The third-order valence-electron chi connectivity index (χ3n) is 2.91. The van der Waals surface area contributed by atoms with Gasteiger partial charge in [0.15, 0.2) is 11.5 Å². The Bertz CT molecular complexity index is 534. The van der Waals surface area contributed by atoms with Gasteiger partial charge >= 0.3 is 5.97 Å². The van der Waals surface area contributed by atoms with Gasteiger partial charge < -0.3 is 19.5 Å². The van der Waals surface area contributed by atoms with Gasteiger partial charge in [-0.3, -0.25) is 9.59 Å². The van der Waals surface area contributed by atoms with E-state index in [0.717, 1.165) is 0 Å².